The molecule has 136 valence electrons. The van der Waals surface area contributed by atoms with Crippen LogP contribution < -0.4 is 5.32 Å². The van der Waals surface area contributed by atoms with Crippen LogP contribution in [0.5, 0.6) is 0 Å². The quantitative estimate of drug-likeness (QED) is 0.649. The minimum Gasteiger partial charge on any atom is -0.444 e. The van der Waals surface area contributed by atoms with Gasteiger partial charge >= 0.3 is 22.5 Å². The molecule has 0 fully saturated rings. The van der Waals surface area contributed by atoms with Crippen LogP contribution in [0.15, 0.2) is 24.3 Å². The molecular weight excluding hydrogens is 354 g/mol. The molecule has 0 radical (unpaired) electrons. The van der Waals surface area contributed by atoms with Gasteiger partial charge in [0.15, 0.2) is 0 Å². The zero-order valence-corrected chi connectivity index (χ0v) is 14.0. The van der Waals surface area contributed by atoms with Crippen molar-refractivity contribution in [2.75, 3.05) is 5.75 Å². The van der Waals surface area contributed by atoms with E-state index in [1.807, 2.05) is 5.32 Å². The Morgan fingerprint density at radius 3 is 2.21 bits per heavy atom. The number of alkyl halides is 3. The summed E-state index contributed by atoms with van der Waals surface area (Å²) in [7, 11) is -5.16. The number of halogens is 4. The topological polar surface area (TPSA) is 72.5 Å². The molecule has 10 heteroatoms. The van der Waals surface area contributed by atoms with Crippen molar-refractivity contribution in [2.24, 2.45) is 0 Å². The lowest BCUT2D eigenvalue weighted by Gasteiger charge is -2.24. The van der Waals surface area contributed by atoms with Crippen molar-refractivity contribution in [1.82, 2.24) is 5.32 Å². The first kappa shape index (κ1) is 20.2. The van der Waals surface area contributed by atoms with Crippen LogP contribution in [0, 0.1) is 0 Å². The molecule has 0 saturated heterocycles. The third-order valence-electron chi connectivity index (χ3n) is 2.70. The molecule has 1 unspecified atom stereocenters. The summed E-state index contributed by atoms with van der Waals surface area (Å²) in [6.07, 6.45) is -5.96. The summed E-state index contributed by atoms with van der Waals surface area (Å²) in [6, 6.07) is 2.24. The Kier molecular flexibility index (Phi) is 5.86. The molecule has 0 aromatic heterocycles. The number of hydrogen-bond donors (Lipinski definition) is 1. The maximum absolute atomic E-state index is 13.1. The number of hydrogen-bond acceptors (Lipinski definition) is 4. The Hall–Kier alpha value is -1.84. The van der Waals surface area contributed by atoms with Gasteiger partial charge in [0, 0.05) is 0 Å². The SMILES string of the molecule is CC(C)(C)OC(=O)NC(CS(=O)(=O)F)c1ccccc1C(F)(F)F. The average molecular weight is 371 g/mol. The maximum atomic E-state index is 13.1. The van der Waals surface area contributed by atoms with E-state index in [-0.39, 0.29) is 0 Å². The normalized spacial score (nSPS) is 14.1. The molecule has 0 aliphatic heterocycles. The van der Waals surface area contributed by atoms with Gasteiger partial charge in [-0.2, -0.15) is 21.6 Å². The highest BCUT2D eigenvalue weighted by atomic mass is 32.3. The number of amides is 1. The first-order valence-electron chi connectivity index (χ1n) is 6.77. The van der Waals surface area contributed by atoms with Crippen LogP contribution in [-0.4, -0.2) is 25.9 Å². The fourth-order valence-corrected chi connectivity index (χ4v) is 2.58. The standard InChI is InChI=1S/C14H17F4NO4S/c1-13(2,3)23-12(20)19-11(8-24(18,21)22)9-6-4-5-7-10(9)14(15,16)17/h4-7,11H,8H2,1-3H3,(H,19,20). The number of carbonyl (C=O) groups excluding carboxylic acids is 1. The van der Waals surface area contributed by atoms with Gasteiger partial charge in [0.05, 0.1) is 11.6 Å². The van der Waals surface area contributed by atoms with Crippen molar-refractivity contribution >= 4 is 16.3 Å². The summed E-state index contributed by atoms with van der Waals surface area (Å²) in [5.74, 6) is -1.35. The summed E-state index contributed by atoms with van der Waals surface area (Å²) in [4.78, 5) is 11.8. The molecule has 0 aliphatic carbocycles. The van der Waals surface area contributed by atoms with Crippen molar-refractivity contribution in [2.45, 2.75) is 38.6 Å². The first-order chi connectivity index (χ1) is 10.7. The summed E-state index contributed by atoms with van der Waals surface area (Å²) < 4.78 is 78.9. The molecule has 5 nitrogen and oxygen atoms in total. The summed E-state index contributed by atoms with van der Waals surface area (Å²) in [6.45, 7) is 4.53. The van der Waals surface area contributed by atoms with Gasteiger partial charge in [0.1, 0.15) is 11.4 Å². The van der Waals surface area contributed by atoms with E-state index in [4.69, 9.17) is 4.74 Å². The monoisotopic (exact) mass is 371 g/mol. The van der Waals surface area contributed by atoms with Gasteiger partial charge in [-0.05, 0) is 32.4 Å². The molecule has 1 aromatic rings. The molecule has 0 bridgehead atoms. The minimum atomic E-state index is -5.16. The van der Waals surface area contributed by atoms with Crippen LogP contribution in [0.4, 0.5) is 21.9 Å². The number of ether oxygens (including phenoxy) is 1. The van der Waals surface area contributed by atoms with Gasteiger partial charge in [-0.3, -0.25) is 0 Å². The predicted molar refractivity (Wildman–Crippen MR) is 78.4 cm³/mol. The highest BCUT2D eigenvalue weighted by molar-refractivity contribution is 7.86. The highest BCUT2D eigenvalue weighted by Gasteiger charge is 2.37. The van der Waals surface area contributed by atoms with Crippen LogP contribution >= 0.6 is 0 Å². The van der Waals surface area contributed by atoms with Crippen LogP contribution in [0.3, 0.4) is 0 Å². The van der Waals surface area contributed by atoms with Crippen molar-refractivity contribution in [3.63, 3.8) is 0 Å². The average Bonchev–Trinajstić information content (AvgIpc) is 2.33. The number of nitrogens with one attached hydrogen (secondary N) is 1. The fraction of sp³-hybridized carbons (Fsp3) is 0.500. The van der Waals surface area contributed by atoms with E-state index in [1.165, 1.54) is 26.8 Å². The zero-order valence-electron chi connectivity index (χ0n) is 13.1. The third kappa shape index (κ3) is 6.73. The van der Waals surface area contributed by atoms with Gasteiger partial charge in [0.2, 0.25) is 0 Å². The molecule has 1 amide bonds. The Morgan fingerprint density at radius 2 is 1.75 bits per heavy atom. The van der Waals surface area contributed by atoms with Crippen molar-refractivity contribution in [3.8, 4) is 0 Å². The second-order valence-electron chi connectivity index (χ2n) is 5.99. The molecule has 0 heterocycles. The lowest BCUT2D eigenvalue weighted by molar-refractivity contribution is -0.138. The van der Waals surface area contributed by atoms with Gasteiger partial charge < -0.3 is 10.1 Å². The summed E-state index contributed by atoms with van der Waals surface area (Å²) in [5.41, 5.74) is -2.71. The van der Waals surface area contributed by atoms with Crippen LogP contribution in [-0.2, 0) is 21.1 Å². The van der Waals surface area contributed by atoms with Crippen LogP contribution in [0.25, 0.3) is 0 Å². The van der Waals surface area contributed by atoms with E-state index in [0.717, 1.165) is 12.1 Å². The van der Waals surface area contributed by atoms with Crippen LogP contribution in [0.1, 0.15) is 37.9 Å². The number of benzene rings is 1. The smallest absolute Gasteiger partial charge is 0.416 e. The molecule has 1 rings (SSSR count). The van der Waals surface area contributed by atoms with Gasteiger partial charge in [-0.1, -0.05) is 18.2 Å². The molecular formula is C14H17F4NO4S. The Balaban J connectivity index is 3.24. The highest BCUT2D eigenvalue weighted by Crippen LogP contribution is 2.35. The van der Waals surface area contributed by atoms with Gasteiger partial charge in [0.25, 0.3) is 0 Å². The molecule has 1 aromatic carbocycles. The zero-order chi connectivity index (χ0) is 18.8. The number of alkyl carbamates (subject to hydrolysis) is 1. The number of carbonyl (C=O) groups is 1. The predicted octanol–water partition coefficient (Wildman–Crippen LogP) is 3.57. The summed E-state index contributed by atoms with van der Waals surface area (Å²) in [5, 5.41) is 1.98. The van der Waals surface area contributed by atoms with E-state index in [1.54, 1.807) is 0 Å². The molecule has 24 heavy (non-hydrogen) atoms. The molecule has 1 atom stereocenters. The Bertz CT molecular complexity index is 695. The lowest BCUT2D eigenvalue weighted by Crippen LogP contribution is -2.38. The third-order valence-corrected chi connectivity index (χ3v) is 3.43. The van der Waals surface area contributed by atoms with Crippen LogP contribution in [0.2, 0.25) is 0 Å². The van der Waals surface area contributed by atoms with E-state index in [2.05, 4.69) is 0 Å². The molecule has 0 aliphatic rings. The second-order valence-corrected chi connectivity index (χ2v) is 7.40. The lowest BCUT2D eigenvalue weighted by atomic mass is 10.0. The van der Waals surface area contributed by atoms with Gasteiger partial charge in [-0.15, -0.1) is 3.89 Å². The Labute approximate surface area is 137 Å². The van der Waals surface area contributed by atoms with Crippen molar-refractivity contribution < 1.29 is 35.0 Å². The van der Waals surface area contributed by atoms with E-state index < -0.39 is 51.0 Å². The fourth-order valence-electron chi connectivity index (χ4n) is 1.92. The van der Waals surface area contributed by atoms with E-state index in [0.29, 0.717) is 6.07 Å². The molecule has 1 N–H and O–H groups in total. The largest absolute Gasteiger partial charge is 0.444 e. The van der Waals surface area contributed by atoms with E-state index >= 15 is 0 Å². The van der Waals surface area contributed by atoms with Crippen molar-refractivity contribution in [3.05, 3.63) is 35.4 Å². The Morgan fingerprint density at radius 1 is 1.21 bits per heavy atom. The molecule has 0 saturated carbocycles. The minimum absolute atomic E-state index is 0.572. The van der Waals surface area contributed by atoms with Crippen molar-refractivity contribution in [1.29, 1.82) is 0 Å². The molecule has 0 spiro atoms. The van der Waals surface area contributed by atoms with Gasteiger partial charge in [-0.25, -0.2) is 4.79 Å². The summed E-state index contributed by atoms with van der Waals surface area (Å²) >= 11 is 0. The number of rotatable bonds is 4. The first-order valence-corrected chi connectivity index (χ1v) is 8.32. The van der Waals surface area contributed by atoms with E-state index in [9.17, 15) is 30.3 Å². The second kappa shape index (κ2) is 6.96. The maximum Gasteiger partial charge on any atom is 0.416 e.